The molecule has 0 atom stereocenters. The first-order valence-corrected chi connectivity index (χ1v) is 8.11. The molecule has 25 heavy (non-hydrogen) atoms. The number of hydrogen-bond donors (Lipinski definition) is 0. The lowest BCUT2D eigenvalue weighted by atomic mass is 10.2. The standard InChI is InChI=1S/C16H18F2N6O/c1-11-14(12-8-20-23(9-12)10-13(17)18)24-3-2-19-15(16(24)21-11)22-4-6-25-7-5-22/h2-3,8-9,13H,4-7,10H2,1H3. The van der Waals surface area contributed by atoms with Gasteiger partial charge in [-0.2, -0.15) is 5.10 Å². The Morgan fingerprint density at radius 1 is 1.28 bits per heavy atom. The van der Waals surface area contributed by atoms with Gasteiger partial charge in [-0.25, -0.2) is 18.7 Å². The molecule has 3 aromatic heterocycles. The zero-order chi connectivity index (χ0) is 17.4. The van der Waals surface area contributed by atoms with Crippen LogP contribution in [0.5, 0.6) is 0 Å². The van der Waals surface area contributed by atoms with Gasteiger partial charge >= 0.3 is 0 Å². The van der Waals surface area contributed by atoms with Crippen LogP contribution in [0.1, 0.15) is 5.69 Å². The summed E-state index contributed by atoms with van der Waals surface area (Å²) in [6.07, 6.45) is 4.34. The van der Waals surface area contributed by atoms with Crippen molar-refractivity contribution in [2.24, 2.45) is 0 Å². The minimum atomic E-state index is -2.44. The highest BCUT2D eigenvalue weighted by atomic mass is 19.3. The quantitative estimate of drug-likeness (QED) is 0.722. The van der Waals surface area contributed by atoms with E-state index in [-0.39, 0.29) is 0 Å². The van der Waals surface area contributed by atoms with Gasteiger partial charge in [-0.05, 0) is 6.92 Å². The largest absolute Gasteiger partial charge is 0.378 e. The highest BCUT2D eigenvalue weighted by Crippen LogP contribution is 2.28. The lowest BCUT2D eigenvalue weighted by Gasteiger charge is -2.27. The van der Waals surface area contributed by atoms with Crippen LogP contribution in [0, 0.1) is 6.92 Å². The molecule has 0 aliphatic carbocycles. The zero-order valence-electron chi connectivity index (χ0n) is 13.8. The van der Waals surface area contributed by atoms with E-state index >= 15 is 0 Å². The van der Waals surface area contributed by atoms with Crippen LogP contribution in [-0.4, -0.2) is 56.9 Å². The van der Waals surface area contributed by atoms with E-state index in [0.29, 0.717) is 13.2 Å². The summed E-state index contributed by atoms with van der Waals surface area (Å²) in [4.78, 5) is 11.3. The van der Waals surface area contributed by atoms with Gasteiger partial charge in [0.05, 0.1) is 30.8 Å². The Kier molecular flexibility index (Phi) is 4.08. The molecule has 0 amide bonds. The Balaban J connectivity index is 1.77. The summed E-state index contributed by atoms with van der Waals surface area (Å²) in [6, 6.07) is 0. The van der Waals surface area contributed by atoms with Crippen LogP contribution in [0.15, 0.2) is 24.8 Å². The van der Waals surface area contributed by atoms with Crippen molar-refractivity contribution >= 4 is 11.5 Å². The SMILES string of the molecule is Cc1nc2c(N3CCOCC3)nccn2c1-c1cnn(CC(F)F)c1. The zero-order valence-corrected chi connectivity index (χ0v) is 13.8. The third-order valence-electron chi connectivity index (χ3n) is 4.24. The van der Waals surface area contributed by atoms with Gasteiger partial charge in [-0.15, -0.1) is 0 Å². The fourth-order valence-corrected chi connectivity index (χ4v) is 3.15. The average molecular weight is 348 g/mol. The van der Waals surface area contributed by atoms with E-state index in [1.165, 1.54) is 4.68 Å². The molecule has 132 valence electrons. The number of hydrogen-bond acceptors (Lipinski definition) is 5. The van der Waals surface area contributed by atoms with Gasteiger partial charge in [0, 0.05) is 37.2 Å². The number of ether oxygens (including phenoxy) is 1. The maximum absolute atomic E-state index is 12.6. The van der Waals surface area contributed by atoms with Gasteiger partial charge in [-0.3, -0.25) is 9.08 Å². The summed E-state index contributed by atoms with van der Waals surface area (Å²) in [7, 11) is 0. The number of aromatic nitrogens is 5. The van der Waals surface area contributed by atoms with Gasteiger partial charge in [0.15, 0.2) is 11.5 Å². The number of halogens is 2. The molecule has 0 radical (unpaired) electrons. The van der Waals surface area contributed by atoms with Crippen LogP contribution < -0.4 is 4.90 Å². The van der Waals surface area contributed by atoms with Crippen molar-refractivity contribution in [1.29, 1.82) is 0 Å². The first kappa shape index (κ1) is 15.9. The Hall–Kier alpha value is -2.55. The van der Waals surface area contributed by atoms with Crippen LogP contribution in [0.4, 0.5) is 14.6 Å². The number of aryl methyl sites for hydroxylation is 1. The minimum absolute atomic E-state index is 0.420. The number of morpholine rings is 1. The molecule has 1 saturated heterocycles. The first-order valence-electron chi connectivity index (χ1n) is 8.11. The van der Waals surface area contributed by atoms with Crippen LogP contribution >= 0.6 is 0 Å². The second-order valence-corrected chi connectivity index (χ2v) is 5.93. The van der Waals surface area contributed by atoms with Crippen molar-refractivity contribution in [2.45, 2.75) is 19.9 Å². The third kappa shape index (κ3) is 2.95. The second-order valence-electron chi connectivity index (χ2n) is 5.93. The fourth-order valence-electron chi connectivity index (χ4n) is 3.15. The molecule has 0 saturated carbocycles. The van der Waals surface area contributed by atoms with E-state index in [4.69, 9.17) is 4.74 Å². The highest BCUT2D eigenvalue weighted by molar-refractivity contribution is 5.73. The Labute approximate surface area is 142 Å². The maximum atomic E-state index is 12.6. The Morgan fingerprint density at radius 2 is 2.08 bits per heavy atom. The van der Waals surface area contributed by atoms with Crippen LogP contribution in [0.3, 0.4) is 0 Å². The molecule has 4 rings (SSSR count). The van der Waals surface area contributed by atoms with E-state index < -0.39 is 13.0 Å². The molecule has 3 aromatic rings. The number of rotatable bonds is 4. The average Bonchev–Trinajstić information content (AvgIpc) is 3.17. The van der Waals surface area contributed by atoms with E-state index in [1.54, 1.807) is 18.6 Å². The molecule has 0 aromatic carbocycles. The van der Waals surface area contributed by atoms with Gasteiger partial charge in [0.1, 0.15) is 6.54 Å². The van der Waals surface area contributed by atoms with Gasteiger partial charge in [0.2, 0.25) is 0 Å². The summed E-state index contributed by atoms with van der Waals surface area (Å²) in [5.41, 5.74) is 3.15. The van der Waals surface area contributed by atoms with Crippen LogP contribution in [0.25, 0.3) is 16.9 Å². The Morgan fingerprint density at radius 3 is 2.84 bits per heavy atom. The van der Waals surface area contributed by atoms with Crippen LogP contribution in [-0.2, 0) is 11.3 Å². The molecule has 9 heteroatoms. The number of fused-ring (bicyclic) bond motifs is 1. The van der Waals surface area contributed by atoms with E-state index in [9.17, 15) is 8.78 Å². The molecule has 0 N–H and O–H groups in total. The van der Waals surface area contributed by atoms with Crippen molar-refractivity contribution in [3.8, 4) is 11.3 Å². The second kappa shape index (κ2) is 6.40. The molecule has 0 bridgehead atoms. The summed E-state index contributed by atoms with van der Waals surface area (Å²) >= 11 is 0. The fraction of sp³-hybridized carbons (Fsp3) is 0.438. The predicted octanol–water partition coefficient (Wildman–Crippen LogP) is 2.00. The topological polar surface area (TPSA) is 60.5 Å². The van der Waals surface area contributed by atoms with Crippen molar-refractivity contribution in [1.82, 2.24) is 24.1 Å². The summed E-state index contributed by atoms with van der Waals surface area (Å²) in [6.45, 7) is 4.33. The van der Waals surface area contributed by atoms with Crippen molar-refractivity contribution in [3.05, 3.63) is 30.5 Å². The predicted molar refractivity (Wildman–Crippen MR) is 88.0 cm³/mol. The summed E-state index contributed by atoms with van der Waals surface area (Å²) < 4.78 is 33.7. The highest BCUT2D eigenvalue weighted by Gasteiger charge is 2.20. The molecule has 7 nitrogen and oxygen atoms in total. The molecular weight excluding hydrogens is 330 g/mol. The Bertz CT molecular complexity index is 884. The number of alkyl halides is 2. The smallest absolute Gasteiger partial charge is 0.257 e. The van der Waals surface area contributed by atoms with Gasteiger partial charge < -0.3 is 9.64 Å². The van der Waals surface area contributed by atoms with E-state index in [1.807, 2.05) is 17.5 Å². The molecule has 0 unspecified atom stereocenters. The number of nitrogens with zero attached hydrogens (tertiary/aromatic N) is 6. The molecule has 4 heterocycles. The molecule has 0 spiro atoms. The van der Waals surface area contributed by atoms with Gasteiger partial charge in [-0.1, -0.05) is 0 Å². The van der Waals surface area contributed by atoms with Crippen molar-refractivity contribution in [2.75, 3.05) is 31.2 Å². The van der Waals surface area contributed by atoms with Crippen molar-refractivity contribution in [3.63, 3.8) is 0 Å². The maximum Gasteiger partial charge on any atom is 0.257 e. The summed E-state index contributed by atoms with van der Waals surface area (Å²) in [5.74, 6) is 0.806. The molecule has 1 aliphatic rings. The lowest BCUT2D eigenvalue weighted by molar-refractivity contribution is 0.122. The normalized spacial score (nSPS) is 15.4. The number of anilines is 1. The minimum Gasteiger partial charge on any atom is -0.378 e. The molecular formula is C16H18F2N6O. The monoisotopic (exact) mass is 348 g/mol. The number of imidazole rings is 1. The van der Waals surface area contributed by atoms with Crippen LogP contribution in [0.2, 0.25) is 0 Å². The van der Waals surface area contributed by atoms with E-state index in [2.05, 4.69) is 20.0 Å². The molecule has 1 aliphatic heterocycles. The third-order valence-corrected chi connectivity index (χ3v) is 4.24. The lowest BCUT2D eigenvalue weighted by Crippen LogP contribution is -2.37. The van der Waals surface area contributed by atoms with Gasteiger partial charge in [0.25, 0.3) is 6.43 Å². The van der Waals surface area contributed by atoms with Crippen molar-refractivity contribution < 1.29 is 13.5 Å². The first-order chi connectivity index (χ1) is 12.1. The molecule has 1 fully saturated rings. The summed E-state index contributed by atoms with van der Waals surface area (Å²) in [5, 5.41) is 4.03. The van der Waals surface area contributed by atoms with E-state index in [0.717, 1.165) is 41.5 Å².